The molecule has 1 aromatic rings. The number of hydrogen-bond donors (Lipinski definition) is 1. The highest BCUT2D eigenvalue weighted by Gasteiger charge is 2.20. The van der Waals surface area contributed by atoms with Gasteiger partial charge in [-0.3, -0.25) is 0 Å². The molecule has 0 bridgehead atoms. The van der Waals surface area contributed by atoms with Crippen molar-refractivity contribution in [2.75, 3.05) is 0 Å². The first-order chi connectivity index (χ1) is 7.01. The highest BCUT2D eigenvalue weighted by molar-refractivity contribution is 6.14. The van der Waals surface area contributed by atoms with Gasteiger partial charge in [0.25, 0.3) is 0 Å². The minimum atomic E-state index is -1.18. The number of rotatable bonds is 4. The third-order valence-electron chi connectivity index (χ3n) is 2.91. The third-order valence-corrected chi connectivity index (χ3v) is 2.91. The van der Waals surface area contributed by atoms with Gasteiger partial charge in [0.2, 0.25) is 0 Å². The molecule has 15 heavy (non-hydrogen) atoms. The van der Waals surface area contributed by atoms with Gasteiger partial charge in [0.1, 0.15) is 7.85 Å². The number of aliphatic hydroxyl groups is 1. The Morgan fingerprint density at radius 2 is 2.00 bits per heavy atom. The van der Waals surface area contributed by atoms with Crippen LogP contribution in [0.25, 0.3) is 0 Å². The largest absolute Gasteiger partial charge is 0.395 e. The summed E-state index contributed by atoms with van der Waals surface area (Å²) in [5, 5.41) is 9.96. The lowest BCUT2D eigenvalue weighted by Gasteiger charge is -2.23. The summed E-state index contributed by atoms with van der Waals surface area (Å²) in [5.41, 5.74) is 2.19. The van der Waals surface area contributed by atoms with Gasteiger partial charge in [-0.15, -0.1) is 0 Å². The molecular weight excluding hydrogens is 183 g/mol. The van der Waals surface area contributed by atoms with E-state index in [9.17, 15) is 5.11 Å². The summed E-state index contributed by atoms with van der Waals surface area (Å²) in [4.78, 5) is 0. The second-order valence-electron chi connectivity index (χ2n) is 4.17. The zero-order chi connectivity index (χ0) is 11.5. The number of aryl methyl sites for hydroxylation is 2. The Morgan fingerprint density at radius 3 is 2.53 bits per heavy atom. The van der Waals surface area contributed by atoms with Gasteiger partial charge in [-0.1, -0.05) is 38.5 Å². The smallest absolute Gasteiger partial charge is 0.119 e. The van der Waals surface area contributed by atoms with Crippen molar-refractivity contribution in [2.45, 2.75) is 45.5 Å². The Bertz CT molecular complexity index is 331. The van der Waals surface area contributed by atoms with Crippen LogP contribution in [0.5, 0.6) is 0 Å². The van der Waals surface area contributed by atoms with E-state index in [4.69, 9.17) is 7.85 Å². The molecule has 0 aliphatic rings. The van der Waals surface area contributed by atoms with Crippen molar-refractivity contribution in [3.63, 3.8) is 0 Å². The van der Waals surface area contributed by atoms with Gasteiger partial charge in [-0.05, 0) is 36.5 Å². The Hall–Kier alpha value is -0.755. The molecule has 1 N–H and O–H groups in total. The second kappa shape index (κ2) is 4.85. The van der Waals surface area contributed by atoms with E-state index in [0.717, 1.165) is 18.4 Å². The molecule has 1 rings (SSSR count). The molecule has 2 heteroatoms. The van der Waals surface area contributed by atoms with Crippen molar-refractivity contribution >= 4 is 7.85 Å². The van der Waals surface area contributed by atoms with E-state index in [0.29, 0.717) is 6.42 Å². The van der Waals surface area contributed by atoms with Gasteiger partial charge in [-0.25, -0.2) is 0 Å². The molecule has 1 aromatic carbocycles. The highest BCUT2D eigenvalue weighted by Crippen LogP contribution is 2.24. The summed E-state index contributed by atoms with van der Waals surface area (Å²) in [6, 6.07) is 5.98. The van der Waals surface area contributed by atoms with E-state index in [1.165, 1.54) is 11.1 Å². The zero-order valence-corrected chi connectivity index (χ0v) is 9.88. The molecule has 1 nitrogen and oxygen atoms in total. The molecule has 0 heterocycles. The van der Waals surface area contributed by atoms with Gasteiger partial charge in [0, 0.05) is 5.50 Å². The molecule has 0 spiro atoms. The van der Waals surface area contributed by atoms with Crippen molar-refractivity contribution in [3.8, 4) is 0 Å². The molecule has 80 valence electrons. The lowest BCUT2D eigenvalue weighted by Crippen LogP contribution is -2.24. The fourth-order valence-corrected chi connectivity index (χ4v) is 1.68. The lowest BCUT2D eigenvalue weighted by molar-refractivity contribution is 0.123. The van der Waals surface area contributed by atoms with Crippen LogP contribution in [-0.2, 0) is 11.9 Å². The summed E-state index contributed by atoms with van der Waals surface area (Å²) in [6.07, 6.45) is 2.68. The van der Waals surface area contributed by atoms with Crippen LogP contribution in [-0.4, -0.2) is 13.0 Å². The van der Waals surface area contributed by atoms with E-state index in [2.05, 4.69) is 13.8 Å². The molecular formula is C13H19BO. The maximum absolute atomic E-state index is 9.96. The predicted molar refractivity (Wildman–Crippen MR) is 65.1 cm³/mol. The molecule has 0 aromatic heterocycles. The Kier molecular flexibility index (Phi) is 3.98. The van der Waals surface area contributed by atoms with E-state index in [1.807, 2.05) is 25.1 Å². The maximum atomic E-state index is 9.96. The van der Waals surface area contributed by atoms with Crippen LogP contribution in [0.4, 0.5) is 0 Å². The molecule has 1 atom stereocenters. The average molecular weight is 202 g/mol. The fourth-order valence-electron chi connectivity index (χ4n) is 1.68. The van der Waals surface area contributed by atoms with Gasteiger partial charge in [0.15, 0.2) is 0 Å². The molecule has 0 fully saturated rings. The number of hydrogen-bond acceptors (Lipinski definition) is 1. The van der Waals surface area contributed by atoms with Crippen molar-refractivity contribution in [3.05, 3.63) is 34.9 Å². The van der Waals surface area contributed by atoms with E-state index in [1.54, 1.807) is 0 Å². The van der Waals surface area contributed by atoms with Crippen LogP contribution >= 0.6 is 0 Å². The molecule has 0 amide bonds. The van der Waals surface area contributed by atoms with Crippen LogP contribution in [0.15, 0.2) is 18.2 Å². The van der Waals surface area contributed by atoms with Crippen molar-refractivity contribution in [2.24, 2.45) is 0 Å². The summed E-state index contributed by atoms with van der Waals surface area (Å²) in [6.45, 7) is 6.14. The first-order valence-corrected chi connectivity index (χ1v) is 5.62. The molecule has 0 aliphatic heterocycles. The summed E-state index contributed by atoms with van der Waals surface area (Å²) in [7, 11) is 5.81. The number of benzene rings is 1. The van der Waals surface area contributed by atoms with Gasteiger partial charge >= 0.3 is 0 Å². The maximum Gasteiger partial charge on any atom is 0.119 e. The first-order valence-electron chi connectivity index (χ1n) is 5.62. The molecule has 0 saturated carbocycles. The van der Waals surface area contributed by atoms with Crippen molar-refractivity contribution in [1.29, 1.82) is 0 Å². The summed E-state index contributed by atoms with van der Waals surface area (Å²) >= 11 is 0. The topological polar surface area (TPSA) is 20.2 Å². The van der Waals surface area contributed by atoms with Gasteiger partial charge in [-0.2, -0.15) is 0 Å². The molecule has 0 saturated heterocycles. The Labute approximate surface area is 93.9 Å². The second-order valence-corrected chi connectivity index (χ2v) is 4.17. The van der Waals surface area contributed by atoms with Crippen LogP contribution in [0.2, 0.25) is 0 Å². The van der Waals surface area contributed by atoms with Gasteiger partial charge < -0.3 is 5.11 Å². The minimum absolute atomic E-state index is 0.529. The SMILES string of the molecule is [B]C(O)(CC)c1ccc(C)c(CCC)c1. The fraction of sp³-hybridized carbons (Fsp3) is 0.538. The van der Waals surface area contributed by atoms with Gasteiger partial charge in [0.05, 0.1) is 0 Å². The summed E-state index contributed by atoms with van der Waals surface area (Å²) in [5.74, 6) is 0. The quantitative estimate of drug-likeness (QED) is 0.744. The van der Waals surface area contributed by atoms with E-state index < -0.39 is 5.50 Å². The van der Waals surface area contributed by atoms with E-state index in [-0.39, 0.29) is 0 Å². The zero-order valence-electron chi connectivity index (χ0n) is 9.88. The average Bonchev–Trinajstić information content (AvgIpc) is 2.21. The minimum Gasteiger partial charge on any atom is -0.395 e. The van der Waals surface area contributed by atoms with E-state index >= 15 is 0 Å². The van der Waals surface area contributed by atoms with Crippen LogP contribution in [0.1, 0.15) is 43.4 Å². The van der Waals surface area contributed by atoms with Crippen molar-refractivity contribution in [1.82, 2.24) is 0 Å². The lowest BCUT2D eigenvalue weighted by atomic mass is 9.73. The molecule has 2 radical (unpaired) electrons. The Morgan fingerprint density at radius 1 is 1.33 bits per heavy atom. The predicted octanol–water partition coefficient (Wildman–Crippen LogP) is 2.67. The summed E-state index contributed by atoms with van der Waals surface area (Å²) < 4.78 is 0. The highest BCUT2D eigenvalue weighted by atomic mass is 16.3. The van der Waals surface area contributed by atoms with Crippen LogP contribution in [0, 0.1) is 6.92 Å². The Balaban J connectivity index is 3.07. The van der Waals surface area contributed by atoms with Crippen LogP contribution in [0.3, 0.4) is 0 Å². The molecule has 0 aliphatic carbocycles. The van der Waals surface area contributed by atoms with Crippen LogP contribution < -0.4 is 0 Å². The standard InChI is InChI=1S/C13H19BO/c1-4-6-11-9-12(8-7-10(11)3)13(14,15)5-2/h7-9,15H,4-6H2,1-3H3. The van der Waals surface area contributed by atoms with Crippen molar-refractivity contribution < 1.29 is 5.11 Å². The third kappa shape index (κ3) is 2.85. The monoisotopic (exact) mass is 202 g/mol. The first kappa shape index (κ1) is 12.3. The normalized spacial score (nSPS) is 14.9. The molecule has 1 unspecified atom stereocenters.